The van der Waals surface area contributed by atoms with Crippen LogP contribution in [-0.2, 0) is 5.75 Å². The summed E-state index contributed by atoms with van der Waals surface area (Å²) in [6, 6.07) is 11.8. The topological polar surface area (TPSA) is 65.7 Å². The standard InChI is InChI=1S/C20H19N5OS2/c1-3-26-18-8-6-17(7-9-18)25-19(15-5-4-10-21-11-15)23-24-20(25)28-13-16-12-27-14(2)22-16/h4-12H,3,13H2,1-2H3. The van der Waals surface area contributed by atoms with Gasteiger partial charge in [0.15, 0.2) is 11.0 Å². The van der Waals surface area contributed by atoms with Crippen molar-refractivity contribution in [2.75, 3.05) is 6.61 Å². The molecule has 0 aliphatic rings. The van der Waals surface area contributed by atoms with Crippen LogP contribution < -0.4 is 4.74 Å². The molecule has 0 aliphatic heterocycles. The Morgan fingerprint density at radius 1 is 1.14 bits per heavy atom. The molecular weight excluding hydrogens is 390 g/mol. The van der Waals surface area contributed by atoms with Crippen molar-refractivity contribution >= 4 is 23.1 Å². The van der Waals surface area contributed by atoms with Gasteiger partial charge in [0, 0.05) is 34.8 Å². The fourth-order valence-electron chi connectivity index (χ4n) is 2.75. The molecule has 0 N–H and O–H groups in total. The molecule has 3 heterocycles. The highest BCUT2D eigenvalue weighted by molar-refractivity contribution is 7.98. The maximum atomic E-state index is 5.57. The Hall–Kier alpha value is -2.71. The van der Waals surface area contributed by atoms with E-state index in [-0.39, 0.29) is 0 Å². The first-order valence-corrected chi connectivity index (χ1v) is 10.7. The van der Waals surface area contributed by atoms with Crippen LogP contribution in [0.25, 0.3) is 17.1 Å². The van der Waals surface area contributed by atoms with Gasteiger partial charge in [0.1, 0.15) is 5.75 Å². The number of nitrogens with zero attached hydrogens (tertiary/aromatic N) is 5. The quantitative estimate of drug-likeness (QED) is 0.409. The summed E-state index contributed by atoms with van der Waals surface area (Å²) < 4.78 is 7.62. The summed E-state index contributed by atoms with van der Waals surface area (Å²) in [6.07, 6.45) is 3.55. The Balaban J connectivity index is 1.70. The molecule has 1 aromatic carbocycles. The van der Waals surface area contributed by atoms with Gasteiger partial charge in [-0.3, -0.25) is 9.55 Å². The minimum Gasteiger partial charge on any atom is -0.494 e. The average Bonchev–Trinajstić information content (AvgIpc) is 3.34. The van der Waals surface area contributed by atoms with Gasteiger partial charge in [0.25, 0.3) is 0 Å². The zero-order valence-corrected chi connectivity index (χ0v) is 17.2. The monoisotopic (exact) mass is 409 g/mol. The van der Waals surface area contributed by atoms with Crippen LogP contribution in [0.2, 0.25) is 0 Å². The molecule has 0 aliphatic carbocycles. The van der Waals surface area contributed by atoms with Gasteiger partial charge in [0.05, 0.1) is 17.3 Å². The van der Waals surface area contributed by atoms with E-state index < -0.39 is 0 Å². The molecule has 0 radical (unpaired) electrons. The predicted octanol–water partition coefficient (Wildman–Crippen LogP) is 4.79. The van der Waals surface area contributed by atoms with Crippen molar-refractivity contribution < 1.29 is 4.74 Å². The molecule has 0 bridgehead atoms. The smallest absolute Gasteiger partial charge is 0.196 e. The molecule has 142 valence electrons. The molecule has 0 saturated heterocycles. The van der Waals surface area contributed by atoms with Crippen LogP contribution in [0, 0.1) is 6.92 Å². The Kier molecular flexibility index (Phi) is 5.68. The summed E-state index contributed by atoms with van der Waals surface area (Å²) >= 11 is 3.28. The Morgan fingerprint density at radius 2 is 2.00 bits per heavy atom. The van der Waals surface area contributed by atoms with E-state index in [9.17, 15) is 0 Å². The second-order valence-electron chi connectivity index (χ2n) is 5.96. The first-order chi connectivity index (χ1) is 13.7. The Labute approximate surface area is 171 Å². The first-order valence-electron chi connectivity index (χ1n) is 8.87. The van der Waals surface area contributed by atoms with E-state index in [1.54, 1.807) is 35.5 Å². The number of thiazole rings is 1. The number of pyridine rings is 1. The number of aromatic nitrogens is 5. The normalized spacial score (nSPS) is 10.9. The van der Waals surface area contributed by atoms with Crippen LogP contribution in [0.1, 0.15) is 17.6 Å². The highest BCUT2D eigenvalue weighted by Gasteiger charge is 2.17. The van der Waals surface area contributed by atoms with Gasteiger partial charge in [-0.05, 0) is 50.2 Å². The van der Waals surface area contributed by atoms with E-state index in [4.69, 9.17) is 4.74 Å². The van der Waals surface area contributed by atoms with E-state index in [1.807, 2.05) is 50.2 Å². The average molecular weight is 410 g/mol. The highest BCUT2D eigenvalue weighted by atomic mass is 32.2. The lowest BCUT2D eigenvalue weighted by Gasteiger charge is -2.11. The SMILES string of the molecule is CCOc1ccc(-n2c(SCc3csc(C)n3)nnc2-c2cccnc2)cc1. The summed E-state index contributed by atoms with van der Waals surface area (Å²) in [5, 5.41) is 12.9. The molecule has 0 spiro atoms. The van der Waals surface area contributed by atoms with Gasteiger partial charge in [-0.15, -0.1) is 21.5 Å². The van der Waals surface area contributed by atoms with Crippen LogP contribution in [0.15, 0.2) is 59.3 Å². The Morgan fingerprint density at radius 3 is 2.68 bits per heavy atom. The zero-order chi connectivity index (χ0) is 19.3. The molecular formula is C20H19N5OS2. The fraction of sp³-hybridized carbons (Fsp3) is 0.200. The third-order valence-electron chi connectivity index (χ3n) is 3.97. The van der Waals surface area contributed by atoms with E-state index >= 15 is 0 Å². The summed E-state index contributed by atoms with van der Waals surface area (Å²) in [6.45, 7) is 4.63. The van der Waals surface area contributed by atoms with Crippen LogP contribution in [-0.4, -0.2) is 31.3 Å². The predicted molar refractivity (Wildman–Crippen MR) is 112 cm³/mol. The minimum absolute atomic E-state index is 0.640. The largest absolute Gasteiger partial charge is 0.494 e. The van der Waals surface area contributed by atoms with Gasteiger partial charge in [-0.2, -0.15) is 0 Å². The maximum Gasteiger partial charge on any atom is 0.196 e. The number of hydrogen-bond donors (Lipinski definition) is 0. The molecule has 0 unspecified atom stereocenters. The van der Waals surface area contributed by atoms with Crippen molar-refractivity contribution in [3.63, 3.8) is 0 Å². The third-order valence-corrected chi connectivity index (χ3v) is 5.76. The highest BCUT2D eigenvalue weighted by Crippen LogP contribution is 2.30. The molecule has 4 rings (SSSR count). The molecule has 8 heteroatoms. The second kappa shape index (κ2) is 8.53. The van der Waals surface area contributed by atoms with E-state index in [0.29, 0.717) is 6.61 Å². The van der Waals surface area contributed by atoms with Crippen molar-refractivity contribution in [3.05, 3.63) is 64.9 Å². The lowest BCUT2D eigenvalue weighted by molar-refractivity contribution is 0.340. The number of rotatable bonds is 7. The molecule has 28 heavy (non-hydrogen) atoms. The van der Waals surface area contributed by atoms with Crippen molar-refractivity contribution in [3.8, 4) is 22.8 Å². The molecule has 0 fully saturated rings. The lowest BCUT2D eigenvalue weighted by Crippen LogP contribution is -2.00. The van der Waals surface area contributed by atoms with Crippen LogP contribution in [0.3, 0.4) is 0 Å². The van der Waals surface area contributed by atoms with Crippen LogP contribution in [0.4, 0.5) is 0 Å². The third kappa shape index (κ3) is 4.07. The summed E-state index contributed by atoms with van der Waals surface area (Å²) in [5.41, 5.74) is 2.95. The number of aryl methyl sites for hydroxylation is 1. The molecule has 0 amide bonds. The summed E-state index contributed by atoms with van der Waals surface area (Å²) in [5.74, 6) is 2.34. The van der Waals surface area contributed by atoms with E-state index in [1.165, 1.54) is 0 Å². The van der Waals surface area contributed by atoms with Crippen molar-refractivity contribution in [1.29, 1.82) is 0 Å². The van der Waals surface area contributed by atoms with Crippen LogP contribution in [0.5, 0.6) is 5.75 Å². The van der Waals surface area contributed by atoms with Crippen molar-refractivity contribution in [2.24, 2.45) is 0 Å². The van der Waals surface area contributed by atoms with Crippen LogP contribution >= 0.6 is 23.1 Å². The number of benzene rings is 1. The molecule has 6 nitrogen and oxygen atoms in total. The fourth-order valence-corrected chi connectivity index (χ4v) is 4.31. The number of hydrogen-bond acceptors (Lipinski definition) is 7. The molecule has 3 aromatic heterocycles. The number of ether oxygens (including phenoxy) is 1. The summed E-state index contributed by atoms with van der Waals surface area (Å²) in [4.78, 5) is 8.76. The van der Waals surface area contributed by atoms with Gasteiger partial charge in [-0.25, -0.2) is 4.98 Å². The van der Waals surface area contributed by atoms with E-state index in [0.717, 1.165) is 44.4 Å². The molecule has 0 saturated carbocycles. The lowest BCUT2D eigenvalue weighted by atomic mass is 10.2. The second-order valence-corrected chi connectivity index (χ2v) is 7.96. The van der Waals surface area contributed by atoms with Gasteiger partial charge in [0.2, 0.25) is 0 Å². The van der Waals surface area contributed by atoms with Gasteiger partial charge >= 0.3 is 0 Å². The van der Waals surface area contributed by atoms with Gasteiger partial charge in [-0.1, -0.05) is 11.8 Å². The summed E-state index contributed by atoms with van der Waals surface area (Å²) in [7, 11) is 0. The maximum absolute atomic E-state index is 5.57. The van der Waals surface area contributed by atoms with E-state index in [2.05, 4.69) is 30.1 Å². The van der Waals surface area contributed by atoms with Gasteiger partial charge < -0.3 is 4.74 Å². The molecule has 4 aromatic rings. The number of thioether (sulfide) groups is 1. The van der Waals surface area contributed by atoms with Crippen molar-refractivity contribution in [2.45, 2.75) is 24.8 Å². The first kappa shape index (κ1) is 18.6. The molecule has 0 atom stereocenters. The minimum atomic E-state index is 0.640. The van der Waals surface area contributed by atoms with Crippen molar-refractivity contribution in [1.82, 2.24) is 24.7 Å². The Bertz CT molecular complexity index is 1040. The zero-order valence-electron chi connectivity index (χ0n) is 15.6.